The Morgan fingerprint density at radius 3 is 2.73 bits per heavy atom. The van der Waals surface area contributed by atoms with E-state index >= 15 is 0 Å². The number of rotatable bonds is 1. The maximum atomic E-state index is 10.5. The minimum atomic E-state index is -1.05. The van der Waals surface area contributed by atoms with E-state index in [2.05, 4.69) is 4.98 Å². The summed E-state index contributed by atoms with van der Waals surface area (Å²) in [6.45, 7) is 0. The smallest absolute Gasteiger partial charge is 0.353 e. The zero-order valence-corrected chi connectivity index (χ0v) is 6.59. The van der Waals surface area contributed by atoms with Gasteiger partial charge in [0.05, 0.1) is 0 Å². The predicted octanol–water partition coefficient (Wildman–Crippen LogP) is -0.308. The summed E-state index contributed by atoms with van der Waals surface area (Å²) in [4.78, 5) is 14.1. The zero-order valence-electron chi connectivity index (χ0n) is 5.84. The van der Waals surface area contributed by atoms with Crippen molar-refractivity contribution in [1.29, 1.82) is 0 Å². The summed E-state index contributed by atoms with van der Waals surface area (Å²) < 4.78 is 0. The fourth-order valence-corrected chi connectivity index (χ4v) is 0.869. The van der Waals surface area contributed by atoms with Crippen molar-refractivity contribution in [3.8, 4) is 0 Å². The summed E-state index contributed by atoms with van der Waals surface area (Å²) in [5.74, 6) is -1.05. The molecule has 1 rings (SSSR count). The number of pyridine rings is 1. The lowest BCUT2D eigenvalue weighted by molar-refractivity contribution is 0.0692. The van der Waals surface area contributed by atoms with Crippen molar-refractivity contribution < 1.29 is 9.90 Å². The number of carbonyl (C=O) groups is 1. The van der Waals surface area contributed by atoms with Crippen LogP contribution in [0, 0.1) is 0 Å². The number of nitrogens with zero attached hydrogens (tertiary/aromatic N) is 1. The maximum absolute atomic E-state index is 10.5. The highest BCUT2D eigenvalue weighted by Crippen LogP contribution is 2.02. The van der Waals surface area contributed by atoms with E-state index in [4.69, 9.17) is 16.7 Å². The number of carboxylic acid groups (broad SMARTS) is 1. The van der Waals surface area contributed by atoms with Gasteiger partial charge in [0.2, 0.25) is 0 Å². The second-order valence-corrected chi connectivity index (χ2v) is 2.49. The Morgan fingerprint density at radius 2 is 2.27 bits per heavy atom. The van der Waals surface area contributed by atoms with Gasteiger partial charge in [0.15, 0.2) is 0 Å². The van der Waals surface area contributed by atoms with E-state index in [1.807, 2.05) is 0 Å². The van der Waals surface area contributed by atoms with Crippen molar-refractivity contribution in [3.05, 3.63) is 23.0 Å². The van der Waals surface area contributed by atoms with Crippen molar-refractivity contribution in [2.45, 2.75) is 0 Å². The number of carboxylic acids is 1. The van der Waals surface area contributed by atoms with E-state index in [0.717, 1.165) is 0 Å². The molecule has 0 saturated carbocycles. The lowest BCUT2D eigenvalue weighted by Crippen LogP contribution is -2.17. The molecule has 0 amide bonds. The Morgan fingerprint density at radius 1 is 1.64 bits per heavy atom. The van der Waals surface area contributed by atoms with Crippen LogP contribution in [0.15, 0.2) is 12.1 Å². The Hall–Kier alpha value is -1.03. The molecular weight excluding hydrogens is 164 g/mol. The van der Waals surface area contributed by atoms with Gasteiger partial charge in [0.1, 0.15) is 18.7 Å². The molecule has 0 unspecified atom stereocenters. The molecule has 0 aliphatic carbocycles. The SMILES string of the molecule is Bc1ccc(Cl)nc1C(=O)O. The van der Waals surface area contributed by atoms with Crippen LogP contribution in [0.1, 0.15) is 10.5 Å². The summed E-state index contributed by atoms with van der Waals surface area (Å²) in [5, 5.41) is 8.77. The first kappa shape index (κ1) is 8.08. The lowest BCUT2D eigenvalue weighted by atomic mass is 9.94. The molecule has 0 atom stereocenters. The molecule has 0 saturated heterocycles. The third-order valence-electron chi connectivity index (χ3n) is 1.27. The maximum Gasteiger partial charge on any atom is 0.353 e. The topological polar surface area (TPSA) is 50.2 Å². The van der Waals surface area contributed by atoms with Gasteiger partial charge >= 0.3 is 5.97 Å². The molecule has 56 valence electrons. The van der Waals surface area contributed by atoms with Gasteiger partial charge in [-0.15, -0.1) is 0 Å². The average molecular weight is 169 g/mol. The summed E-state index contributed by atoms with van der Waals surface area (Å²) in [6, 6.07) is 3.18. The molecule has 11 heavy (non-hydrogen) atoms. The Balaban J connectivity index is 3.23. The van der Waals surface area contributed by atoms with Crippen LogP contribution >= 0.6 is 11.6 Å². The molecule has 1 aromatic heterocycles. The van der Waals surface area contributed by atoms with E-state index < -0.39 is 5.97 Å². The van der Waals surface area contributed by atoms with Gasteiger partial charge in [0, 0.05) is 0 Å². The van der Waals surface area contributed by atoms with Gasteiger partial charge in [-0.3, -0.25) is 0 Å². The Kier molecular flexibility index (Phi) is 2.15. The molecule has 0 aromatic carbocycles. The quantitative estimate of drug-likeness (QED) is 0.463. The van der Waals surface area contributed by atoms with Crippen LogP contribution in [0.3, 0.4) is 0 Å². The molecule has 0 spiro atoms. The second-order valence-electron chi connectivity index (χ2n) is 2.10. The van der Waals surface area contributed by atoms with Crippen LogP contribution in [0.4, 0.5) is 0 Å². The van der Waals surface area contributed by atoms with E-state index in [0.29, 0.717) is 5.46 Å². The van der Waals surface area contributed by atoms with E-state index in [9.17, 15) is 4.79 Å². The Bertz CT molecular complexity index is 303. The van der Waals surface area contributed by atoms with Gasteiger partial charge in [-0.05, 0) is 6.07 Å². The first-order valence-electron chi connectivity index (χ1n) is 2.97. The molecule has 3 nitrogen and oxygen atoms in total. The minimum absolute atomic E-state index is 0.0116. The molecule has 1 N–H and O–H groups in total. The molecule has 0 bridgehead atoms. The molecule has 1 heterocycles. The number of hydrogen-bond acceptors (Lipinski definition) is 2. The number of aromatic carboxylic acids is 1. The second kappa shape index (κ2) is 2.92. The molecular formula is C6H5BClNO2. The molecule has 1 aromatic rings. The van der Waals surface area contributed by atoms with Crippen LogP contribution in [-0.4, -0.2) is 23.9 Å². The van der Waals surface area contributed by atoms with Crippen LogP contribution in [0.2, 0.25) is 5.15 Å². The molecule has 0 aliphatic heterocycles. The summed E-state index contributed by atoms with van der Waals surface area (Å²) in [6.07, 6.45) is 0. The van der Waals surface area contributed by atoms with Crippen LogP contribution in [0.25, 0.3) is 0 Å². The van der Waals surface area contributed by atoms with Gasteiger partial charge < -0.3 is 5.11 Å². The van der Waals surface area contributed by atoms with Gasteiger partial charge in [0.25, 0.3) is 0 Å². The molecule has 0 radical (unpaired) electrons. The van der Waals surface area contributed by atoms with Crippen molar-refractivity contribution in [1.82, 2.24) is 4.98 Å². The van der Waals surface area contributed by atoms with Gasteiger partial charge in [-0.2, -0.15) is 0 Å². The highest BCUT2D eigenvalue weighted by Gasteiger charge is 2.07. The third-order valence-corrected chi connectivity index (χ3v) is 1.48. The van der Waals surface area contributed by atoms with Crippen molar-refractivity contribution in [3.63, 3.8) is 0 Å². The van der Waals surface area contributed by atoms with Crippen molar-refractivity contribution >= 4 is 30.9 Å². The van der Waals surface area contributed by atoms with Crippen LogP contribution < -0.4 is 5.46 Å². The monoisotopic (exact) mass is 169 g/mol. The zero-order chi connectivity index (χ0) is 8.43. The summed E-state index contributed by atoms with van der Waals surface area (Å²) in [5.41, 5.74) is 0.624. The fourth-order valence-electron chi connectivity index (χ4n) is 0.721. The third kappa shape index (κ3) is 1.71. The Labute approximate surface area is 69.4 Å². The summed E-state index contributed by atoms with van der Waals surface area (Å²) >= 11 is 5.49. The first-order valence-corrected chi connectivity index (χ1v) is 3.35. The predicted molar refractivity (Wildman–Crippen MR) is 44.4 cm³/mol. The van der Waals surface area contributed by atoms with E-state index in [1.54, 1.807) is 20.0 Å². The van der Waals surface area contributed by atoms with E-state index in [-0.39, 0.29) is 10.8 Å². The largest absolute Gasteiger partial charge is 0.477 e. The van der Waals surface area contributed by atoms with Crippen LogP contribution in [-0.2, 0) is 0 Å². The normalized spacial score (nSPS) is 9.55. The van der Waals surface area contributed by atoms with Crippen molar-refractivity contribution in [2.24, 2.45) is 0 Å². The molecule has 5 heteroatoms. The summed E-state index contributed by atoms with van der Waals surface area (Å²) in [7, 11) is 1.67. The van der Waals surface area contributed by atoms with Gasteiger partial charge in [-0.1, -0.05) is 23.1 Å². The number of hydrogen-bond donors (Lipinski definition) is 1. The fraction of sp³-hybridized carbons (Fsp3) is 0. The highest BCUT2D eigenvalue weighted by molar-refractivity contribution is 6.36. The lowest BCUT2D eigenvalue weighted by Gasteiger charge is -1.98. The standard InChI is InChI=1S/C6H5BClNO2/c7-3-1-2-4(8)9-5(3)6(10)11/h1-2H,7H2,(H,10,11). The number of aromatic nitrogens is 1. The first-order chi connectivity index (χ1) is 5.11. The highest BCUT2D eigenvalue weighted by atomic mass is 35.5. The molecule has 0 aliphatic rings. The van der Waals surface area contributed by atoms with Crippen LogP contribution in [0.5, 0.6) is 0 Å². The van der Waals surface area contributed by atoms with Gasteiger partial charge in [-0.25, -0.2) is 9.78 Å². The number of halogens is 1. The van der Waals surface area contributed by atoms with Crippen molar-refractivity contribution in [2.75, 3.05) is 0 Å². The van der Waals surface area contributed by atoms with E-state index in [1.165, 1.54) is 0 Å². The molecule has 0 fully saturated rings. The average Bonchev–Trinajstić information content (AvgIpc) is 1.94. The minimum Gasteiger partial charge on any atom is -0.477 e.